The number of piperidine rings is 1. The summed E-state index contributed by atoms with van der Waals surface area (Å²) in [6, 6.07) is 19.5. The van der Waals surface area contributed by atoms with E-state index >= 15 is 8.78 Å². The summed E-state index contributed by atoms with van der Waals surface area (Å²) in [7, 11) is 4.03. The van der Waals surface area contributed by atoms with Crippen LogP contribution in [-0.2, 0) is 4.79 Å². The van der Waals surface area contributed by atoms with Gasteiger partial charge in [-0.3, -0.25) is 19.3 Å². The van der Waals surface area contributed by atoms with Crippen molar-refractivity contribution in [3.8, 4) is 0 Å². The highest BCUT2D eigenvalue weighted by molar-refractivity contribution is 6.10. The molecule has 0 spiro atoms. The van der Waals surface area contributed by atoms with E-state index in [0.717, 1.165) is 17.7 Å². The molecule has 3 N–H and O–H groups in total. The van der Waals surface area contributed by atoms with Gasteiger partial charge in [0.1, 0.15) is 0 Å². The van der Waals surface area contributed by atoms with E-state index in [1.165, 1.54) is 30.3 Å². The molecular formula is C33H35F2N5O3. The van der Waals surface area contributed by atoms with Crippen LogP contribution in [0.4, 0.5) is 25.8 Å². The lowest BCUT2D eigenvalue weighted by Crippen LogP contribution is -2.44. The zero-order chi connectivity index (χ0) is 30.7. The van der Waals surface area contributed by atoms with Gasteiger partial charge >= 0.3 is 0 Å². The fraction of sp³-hybridized carbons (Fsp3) is 0.303. The van der Waals surface area contributed by atoms with Crippen molar-refractivity contribution < 1.29 is 23.2 Å². The standard InChI is InChI=1S/C33H35F2N5O3/c1-38(2)24-15-17-39(18-16-24)30(41)20-22-19-27(34)31(35)40(29-10-6-4-7-25(22)29)33(43)21-11-13-23(14-12-21)37-32(42)26-8-3-5-9-28(26)36/h3-14,20,24,27,31H,15-19,36H2,1-2H3,(H,37,42). The molecule has 2 aliphatic heterocycles. The van der Waals surface area contributed by atoms with Crippen LogP contribution in [0.3, 0.4) is 0 Å². The second kappa shape index (κ2) is 12.7. The van der Waals surface area contributed by atoms with Crippen molar-refractivity contribution in [1.82, 2.24) is 9.80 Å². The first-order valence-corrected chi connectivity index (χ1v) is 14.3. The molecule has 0 saturated carbocycles. The number of fused-ring (bicyclic) bond motifs is 1. The molecule has 2 aliphatic rings. The minimum absolute atomic E-state index is 0.106. The number of anilines is 3. The third-order valence-electron chi connectivity index (χ3n) is 8.09. The van der Waals surface area contributed by atoms with Gasteiger partial charge in [0.15, 0.2) is 6.17 Å². The molecule has 10 heteroatoms. The number of likely N-dealkylation sites (tertiary alicyclic amines) is 1. The van der Waals surface area contributed by atoms with E-state index in [-0.39, 0.29) is 23.6 Å². The molecule has 3 aromatic rings. The van der Waals surface area contributed by atoms with Gasteiger partial charge in [-0.1, -0.05) is 30.3 Å². The number of nitrogens with one attached hydrogen (secondary N) is 1. The number of alkyl halides is 2. The normalized spacial score (nSPS) is 20.1. The van der Waals surface area contributed by atoms with Gasteiger partial charge in [-0.05, 0) is 75.0 Å². The molecule has 3 amide bonds. The van der Waals surface area contributed by atoms with E-state index in [2.05, 4.69) is 10.2 Å². The average Bonchev–Trinajstić information content (AvgIpc) is 3.11. The number of para-hydroxylation sites is 2. The summed E-state index contributed by atoms with van der Waals surface area (Å²) in [5, 5.41) is 2.72. The largest absolute Gasteiger partial charge is 0.398 e. The van der Waals surface area contributed by atoms with Crippen molar-refractivity contribution >= 4 is 40.4 Å². The fourth-order valence-corrected chi connectivity index (χ4v) is 5.61. The number of rotatable bonds is 5. The molecule has 2 heterocycles. The maximum absolute atomic E-state index is 15.7. The van der Waals surface area contributed by atoms with Crippen molar-refractivity contribution in [3.05, 3.63) is 95.6 Å². The van der Waals surface area contributed by atoms with Gasteiger partial charge in [-0.15, -0.1) is 0 Å². The molecule has 1 fully saturated rings. The highest BCUT2D eigenvalue weighted by Crippen LogP contribution is 2.39. The Morgan fingerprint density at radius 1 is 0.930 bits per heavy atom. The van der Waals surface area contributed by atoms with Crippen LogP contribution in [0.5, 0.6) is 0 Å². The minimum atomic E-state index is -2.27. The lowest BCUT2D eigenvalue weighted by Gasteiger charge is -2.34. The number of halogens is 2. The first kappa shape index (κ1) is 29.9. The lowest BCUT2D eigenvalue weighted by molar-refractivity contribution is -0.127. The van der Waals surface area contributed by atoms with Gasteiger partial charge in [-0.2, -0.15) is 0 Å². The van der Waals surface area contributed by atoms with Crippen LogP contribution in [0, 0.1) is 0 Å². The van der Waals surface area contributed by atoms with Crippen molar-refractivity contribution in [2.24, 2.45) is 0 Å². The number of allylic oxidation sites excluding steroid dienone is 1. The molecule has 8 nitrogen and oxygen atoms in total. The van der Waals surface area contributed by atoms with Crippen LogP contribution in [0.25, 0.3) is 5.57 Å². The zero-order valence-corrected chi connectivity index (χ0v) is 24.2. The predicted octanol–water partition coefficient (Wildman–Crippen LogP) is 5.14. The molecule has 0 aliphatic carbocycles. The van der Waals surface area contributed by atoms with E-state index in [0.29, 0.717) is 47.2 Å². The molecule has 0 bridgehead atoms. The fourth-order valence-electron chi connectivity index (χ4n) is 5.61. The summed E-state index contributed by atoms with van der Waals surface area (Å²) in [4.78, 5) is 44.2. The first-order chi connectivity index (χ1) is 20.6. The molecule has 0 aromatic heterocycles. The smallest absolute Gasteiger partial charge is 0.260 e. The maximum atomic E-state index is 15.7. The quantitative estimate of drug-likeness (QED) is 0.245. The Hall–Kier alpha value is -4.57. The highest BCUT2D eigenvalue weighted by atomic mass is 19.2. The Kier molecular flexibility index (Phi) is 8.86. The number of amides is 3. The molecule has 0 radical (unpaired) electrons. The Morgan fingerprint density at radius 2 is 1.58 bits per heavy atom. The van der Waals surface area contributed by atoms with E-state index < -0.39 is 24.3 Å². The SMILES string of the molecule is CN(C)C1CCN(C(=O)C=C2CC(F)C(F)N(C(=O)c3ccc(NC(=O)c4ccccc4N)cc3)c3ccccc32)CC1. The third kappa shape index (κ3) is 6.44. The van der Waals surface area contributed by atoms with Gasteiger partial charge in [0.2, 0.25) is 12.2 Å². The lowest BCUT2D eigenvalue weighted by atomic mass is 9.98. The van der Waals surface area contributed by atoms with Crippen LogP contribution in [0.2, 0.25) is 0 Å². The number of hydrogen-bond donors (Lipinski definition) is 2. The molecule has 2 atom stereocenters. The van der Waals surface area contributed by atoms with Crippen molar-refractivity contribution in [3.63, 3.8) is 0 Å². The highest BCUT2D eigenvalue weighted by Gasteiger charge is 2.38. The van der Waals surface area contributed by atoms with Crippen LogP contribution in [0.1, 0.15) is 45.5 Å². The van der Waals surface area contributed by atoms with Crippen LogP contribution in [0.15, 0.2) is 78.9 Å². The number of nitrogens with zero attached hydrogens (tertiary/aromatic N) is 3. The summed E-state index contributed by atoms with van der Waals surface area (Å²) in [6.45, 7) is 1.16. The van der Waals surface area contributed by atoms with Gasteiger partial charge in [0.25, 0.3) is 11.8 Å². The topological polar surface area (TPSA) is 99.0 Å². The Labute approximate surface area is 249 Å². The van der Waals surface area contributed by atoms with Crippen LogP contribution < -0.4 is 16.0 Å². The van der Waals surface area contributed by atoms with E-state index in [1.54, 1.807) is 53.4 Å². The summed E-state index contributed by atoms with van der Waals surface area (Å²) >= 11 is 0. The second-order valence-corrected chi connectivity index (χ2v) is 11.1. The van der Waals surface area contributed by atoms with Crippen molar-refractivity contribution in [1.29, 1.82) is 0 Å². The van der Waals surface area contributed by atoms with Crippen molar-refractivity contribution in [2.45, 2.75) is 37.8 Å². The Bertz CT molecular complexity index is 1530. The summed E-state index contributed by atoms with van der Waals surface area (Å²) in [6.07, 6.45) is -1.62. The first-order valence-electron chi connectivity index (χ1n) is 14.3. The molecule has 2 unspecified atom stereocenters. The molecule has 43 heavy (non-hydrogen) atoms. The zero-order valence-electron chi connectivity index (χ0n) is 24.2. The molecule has 1 saturated heterocycles. The number of carbonyl (C=O) groups is 3. The average molecular weight is 588 g/mol. The number of nitrogens with two attached hydrogens (primary N) is 1. The van der Waals surface area contributed by atoms with Gasteiger partial charge in [-0.25, -0.2) is 8.78 Å². The van der Waals surface area contributed by atoms with Gasteiger partial charge in [0.05, 0.1) is 11.3 Å². The number of benzene rings is 3. The number of nitrogen functional groups attached to an aromatic ring is 1. The van der Waals surface area contributed by atoms with E-state index in [4.69, 9.17) is 5.73 Å². The molecule has 3 aromatic carbocycles. The van der Waals surface area contributed by atoms with Crippen LogP contribution in [-0.4, -0.2) is 73.2 Å². The summed E-state index contributed by atoms with van der Waals surface area (Å²) in [5.74, 6) is -1.41. The number of carbonyl (C=O) groups excluding carboxylic acids is 3. The Morgan fingerprint density at radius 3 is 2.26 bits per heavy atom. The van der Waals surface area contributed by atoms with Crippen LogP contribution >= 0.6 is 0 Å². The molecule has 224 valence electrons. The Balaban J connectivity index is 1.38. The van der Waals surface area contributed by atoms with Crippen molar-refractivity contribution in [2.75, 3.05) is 43.1 Å². The summed E-state index contributed by atoms with van der Waals surface area (Å²) in [5.41, 5.74) is 7.98. The molecular weight excluding hydrogens is 552 g/mol. The third-order valence-corrected chi connectivity index (χ3v) is 8.09. The maximum Gasteiger partial charge on any atom is 0.260 e. The summed E-state index contributed by atoms with van der Waals surface area (Å²) < 4.78 is 31.1. The molecule has 5 rings (SSSR count). The van der Waals surface area contributed by atoms with E-state index in [9.17, 15) is 14.4 Å². The predicted molar refractivity (Wildman–Crippen MR) is 164 cm³/mol. The minimum Gasteiger partial charge on any atom is -0.398 e. The van der Waals surface area contributed by atoms with E-state index in [1.807, 2.05) is 14.1 Å². The van der Waals surface area contributed by atoms with Gasteiger partial charge < -0.3 is 20.9 Å². The monoisotopic (exact) mass is 587 g/mol. The number of hydrogen-bond acceptors (Lipinski definition) is 5. The second-order valence-electron chi connectivity index (χ2n) is 11.1. The van der Waals surface area contributed by atoms with Gasteiger partial charge in [0, 0.05) is 54.1 Å².